The van der Waals surface area contributed by atoms with E-state index in [0.29, 0.717) is 25.0 Å². The van der Waals surface area contributed by atoms with E-state index < -0.39 is 5.79 Å². The Morgan fingerprint density at radius 3 is 2.57 bits per heavy atom. The highest BCUT2D eigenvalue weighted by atomic mass is 16.7. The third-order valence-corrected chi connectivity index (χ3v) is 6.57. The van der Waals surface area contributed by atoms with Gasteiger partial charge in [-0.25, -0.2) is 0 Å². The van der Waals surface area contributed by atoms with Gasteiger partial charge in [0.25, 0.3) is 0 Å². The second kappa shape index (κ2) is 6.85. The molecule has 1 spiro atoms. The second-order valence-corrected chi connectivity index (χ2v) is 8.44. The largest absolute Gasteiger partial charge is 0.395 e. The van der Waals surface area contributed by atoms with Gasteiger partial charge in [0.2, 0.25) is 0 Å². The quantitative estimate of drug-likeness (QED) is 0.741. The first kappa shape index (κ1) is 17.4. The van der Waals surface area contributed by atoms with Gasteiger partial charge in [-0.2, -0.15) is 0 Å². The van der Waals surface area contributed by atoms with Crippen molar-refractivity contribution in [2.75, 3.05) is 19.8 Å². The summed E-state index contributed by atoms with van der Waals surface area (Å²) in [6.07, 6.45) is 10.4. The van der Waals surface area contributed by atoms with Gasteiger partial charge in [0.15, 0.2) is 5.79 Å². The van der Waals surface area contributed by atoms with Crippen molar-refractivity contribution in [2.24, 2.45) is 23.2 Å². The molecule has 1 saturated carbocycles. The SMILES string of the molecule is CC(C)CCC[C@@H](C)[C@H]1CCC2=CC3(CC[C@@]21CO)OCCO3. The molecule has 0 bridgehead atoms. The fraction of sp³-hybridized carbons (Fsp3) is 0.900. The van der Waals surface area contributed by atoms with Gasteiger partial charge in [-0.05, 0) is 43.1 Å². The Balaban J connectivity index is 1.72. The summed E-state index contributed by atoms with van der Waals surface area (Å²) in [5.41, 5.74) is 1.41. The molecule has 23 heavy (non-hydrogen) atoms. The standard InChI is InChI=1S/C20H34O3/c1-15(2)5-4-6-16(3)18-8-7-17-13-20(22-11-12-23-20)10-9-19(17,18)14-21/h13,15-16,18,21H,4-12,14H2,1-3H3/t16-,18-,19-/m1/s1. The molecule has 2 fully saturated rings. The van der Waals surface area contributed by atoms with Crippen molar-refractivity contribution in [1.82, 2.24) is 0 Å². The number of aliphatic hydroxyl groups is 1. The van der Waals surface area contributed by atoms with Crippen LogP contribution in [-0.2, 0) is 9.47 Å². The minimum Gasteiger partial charge on any atom is -0.395 e. The molecule has 1 heterocycles. The lowest BCUT2D eigenvalue weighted by atomic mass is 9.64. The van der Waals surface area contributed by atoms with Crippen molar-refractivity contribution < 1.29 is 14.6 Å². The third-order valence-electron chi connectivity index (χ3n) is 6.57. The van der Waals surface area contributed by atoms with Crippen LogP contribution in [0.2, 0.25) is 0 Å². The van der Waals surface area contributed by atoms with Gasteiger partial charge in [-0.15, -0.1) is 0 Å². The summed E-state index contributed by atoms with van der Waals surface area (Å²) in [5, 5.41) is 10.3. The number of ether oxygens (including phenoxy) is 2. The van der Waals surface area contributed by atoms with Crippen LogP contribution in [0.4, 0.5) is 0 Å². The van der Waals surface area contributed by atoms with Crippen LogP contribution >= 0.6 is 0 Å². The zero-order valence-corrected chi connectivity index (χ0v) is 15.1. The molecule has 0 amide bonds. The molecule has 3 heteroatoms. The Labute approximate surface area is 141 Å². The van der Waals surface area contributed by atoms with Crippen molar-refractivity contribution in [1.29, 1.82) is 0 Å². The van der Waals surface area contributed by atoms with E-state index in [0.717, 1.165) is 25.2 Å². The molecule has 3 aliphatic rings. The minimum atomic E-state index is -0.468. The molecule has 0 radical (unpaired) electrons. The summed E-state index contributed by atoms with van der Waals surface area (Å²) >= 11 is 0. The lowest BCUT2D eigenvalue weighted by Gasteiger charge is -2.44. The molecule has 132 valence electrons. The summed E-state index contributed by atoms with van der Waals surface area (Å²) in [7, 11) is 0. The molecule has 1 N–H and O–H groups in total. The van der Waals surface area contributed by atoms with Crippen LogP contribution in [0.3, 0.4) is 0 Å². The number of rotatable bonds is 6. The average Bonchev–Trinajstić information content (AvgIpc) is 3.12. The molecule has 3 nitrogen and oxygen atoms in total. The van der Waals surface area contributed by atoms with Gasteiger partial charge in [0.05, 0.1) is 19.8 Å². The van der Waals surface area contributed by atoms with Crippen LogP contribution in [0.15, 0.2) is 11.6 Å². The lowest BCUT2D eigenvalue weighted by Crippen LogP contribution is -2.43. The second-order valence-electron chi connectivity index (χ2n) is 8.44. The van der Waals surface area contributed by atoms with E-state index in [1.165, 1.54) is 31.3 Å². The molecule has 3 atom stereocenters. The van der Waals surface area contributed by atoms with Crippen molar-refractivity contribution in [3.63, 3.8) is 0 Å². The van der Waals surface area contributed by atoms with Crippen LogP contribution < -0.4 is 0 Å². The van der Waals surface area contributed by atoms with Crippen molar-refractivity contribution in [3.8, 4) is 0 Å². The minimum absolute atomic E-state index is 0.00218. The third kappa shape index (κ3) is 3.25. The number of hydrogen-bond donors (Lipinski definition) is 1. The van der Waals surface area contributed by atoms with Crippen LogP contribution in [0.5, 0.6) is 0 Å². The lowest BCUT2D eigenvalue weighted by molar-refractivity contribution is -0.137. The highest BCUT2D eigenvalue weighted by Gasteiger charge is 2.53. The maximum atomic E-state index is 10.3. The number of hydrogen-bond acceptors (Lipinski definition) is 3. The van der Waals surface area contributed by atoms with Gasteiger partial charge in [-0.1, -0.05) is 45.6 Å². The molecule has 1 aliphatic heterocycles. The predicted molar refractivity (Wildman–Crippen MR) is 92.0 cm³/mol. The normalized spacial score (nSPS) is 34.0. The molecule has 3 rings (SSSR count). The van der Waals surface area contributed by atoms with Gasteiger partial charge in [0, 0.05) is 11.8 Å². The van der Waals surface area contributed by atoms with Crippen molar-refractivity contribution in [2.45, 2.75) is 71.5 Å². The Morgan fingerprint density at radius 2 is 1.91 bits per heavy atom. The van der Waals surface area contributed by atoms with E-state index in [9.17, 15) is 5.11 Å². The molecule has 0 unspecified atom stereocenters. The van der Waals surface area contributed by atoms with E-state index in [1.807, 2.05) is 0 Å². The van der Waals surface area contributed by atoms with Crippen molar-refractivity contribution in [3.05, 3.63) is 11.6 Å². The predicted octanol–water partition coefficient (Wildman–Crippen LogP) is 4.30. The maximum absolute atomic E-state index is 10.3. The fourth-order valence-corrected chi connectivity index (χ4v) is 5.25. The van der Waals surface area contributed by atoms with Crippen molar-refractivity contribution >= 4 is 0 Å². The fourth-order valence-electron chi connectivity index (χ4n) is 5.25. The first-order valence-electron chi connectivity index (χ1n) is 9.62. The van der Waals surface area contributed by atoms with E-state index in [4.69, 9.17) is 9.47 Å². The molecule has 0 aromatic carbocycles. The maximum Gasteiger partial charge on any atom is 0.188 e. The average molecular weight is 322 g/mol. The number of aliphatic hydroxyl groups excluding tert-OH is 1. The molecule has 0 aromatic heterocycles. The van der Waals surface area contributed by atoms with Crippen LogP contribution in [0.1, 0.15) is 65.7 Å². The smallest absolute Gasteiger partial charge is 0.188 e. The Hall–Kier alpha value is -0.380. The molecule has 1 saturated heterocycles. The summed E-state index contributed by atoms with van der Waals surface area (Å²) < 4.78 is 11.8. The number of fused-ring (bicyclic) bond motifs is 1. The van der Waals surface area contributed by atoms with Gasteiger partial charge in [0.1, 0.15) is 0 Å². The Kier molecular flexibility index (Phi) is 5.20. The first-order chi connectivity index (χ1) is 11.0. The summed E-state index contributed by atoms with van der Waals surface area (Å²) in [6, 6.07) is 0. The van der Waals surface area contributed by atoms with E-state index in [2.05, 4.69) is 26.8 Å². The van der Waals surface area contributed by atoms with E-state index in [-0.39, 0.29) is 12.0 Å². The molecule has 0 aromatic rings. The topological polar surface area (TPSA) is 38.7 Å². The van der Waals surface area contributed by atoms with Crippen LogP contribution in [0, 0.1) is 23.2 Å². The van der Waals surface area contributed by atoms with E-state index in [1.54, 1.807) is 0 Å². The molecule has 2 aliphatic carbocycles. The highest BCUT2D eigenvalue weighted by molar-refractivity contribution is 5.28. The Morgan fingerprint density at radius 1 is 1.17 bits per heavy atom. The van der Waals surface area contributed by atoms with Gasteiger partial charge in [-0.3, -0.25) is 0 Å². The van der Waals surface area contributed by atoms with Crippen LogP contribution in [0.25, 0.3) is 0 Å². The summed E-state index contributed by atoms with van der Waals surface area (Å²) in [5.74, 6) is 1.62. The van der Waals surface area contributed by atoms with Crippen LogP contribution in [-0.4, -0.2) is 30.7 Å². The molecular formula is C20H34O3. The zero-order valence-electron chi connectivity index (χ0n) is 15.1. The van der Waals surface area contributed by atoms with Gasteiger partial charge < -0.3 is 14.6 Å². The molecular weight excluding hydrogens is 288 g/mol. The zero-order chi connectivity index (χ0) is 16.5. The summed E-state index contributed by atoms with van der Waals surface area (Å²) in [4.78, 5) is 0. The summed E-state index contributed by atoms with van der Waals surface area (Å²) in [6.45, 7) is 8.69. The monoisotopic (exact) mass is 322 g/mol. The van der Waals surface area contributed by atoms with Gasteiger partial charge >= 0.3 is 0 Å². The highest BCUT2D eigenvalue weighted by Crippen LogP contribution is 2.58. The first-order valence-corrected chi connectivity index (χ1v) is 9.62. The van der Waals surface area contributed by atoms with E-state index >= 15 is 0 Å². The Bertz CT molecular complexity index is 436.